The van der Waals surface area contributed by atoms with Gasteiger partial charge in [-0.2, -0.15) is 0 Å². The molecule has 1 unspecified atom stereocenters. The molecule has 0 bridgehead atoms. The van der Waals surface area contributed by atoms with Crippen LogP contribution in [-0.4, -0.2) is 43.7 Å². The van der Waals surface area contributed by atoms with Crippen molar-refractivity contribution in [2.45, 2.75) is 25.8 Å². The molecule has 156 valence electrons. The number of rotatable bonds is 8. The molecule has 0 radical (unpaired) electrons. The molecule has 1 aliphatic rings. The SMILES string of the molecule is CCC1c2cc(OC)c(OC)cc2CCN1CCOc1cc([N+](=O)[O-])ccc1Cl. The summed E-state index contributed by atoms with van der Waals surface area (Å²) in [4.78, 5) is 12.9. The largest absolute Gasteiger partial charge is 0.493 e. The van der Waals surface area contributed by atoms with Gasteiger partial charge < -0.3 is 14.2 Å². The summed E-state index contributed by atoms with van der Waals surface area (Å²) >= 11 is 6.12. The average Bonchev–Trinajstić information content (AvgIpc) is 2.73. The number of benzene rings is 2. The summed E-state index contributed by atoms with van der Waals surface area (Å²) in [5, 5.41) is 11.3. The van der Waals surface area contributed by atoms with Crippen molar-refractivity contribution in [3.8, 4) is 17.2 Å². The summed E-state index contributed by atoms with van der Waals surface area (Å²) in [6, 6.07) is 8.58. The van der Waals surface area contributed by atoms with Crippen LogP contribution in [0.3, 0.4) is 0 Å². The van der Waals surface area contributed by atoms with E-state index < -0.39 is 4.92 Å². The predicted octanol–water partition coefficient (Wildman–Crippen LogP) is 4.65. The molecule has 0 N–H and O–H groups in total. The van der Waals surface area contributed by atoms with Crippen molar-refractivity contribution in [2.24, 2.45) is 0 Å². The van der Waals surface area contributed by atoms with Crippen molar-refractivity contribution in [3.63, 3.8) is 0 Å². The van der Waals surface area contributed by atoms with Gasteiger partial charge >= 0.3 is 0 Å². The van der Waals surface area contributed by atoms with E-state index >= 15 is 0 Å². The molecular weight excluding hydrogens is 396 g/mol. The fourth-order valence-corrected chi connectivity index (χ4v) is 3.99. The number of ether oxygens (including phenoxy) is 3. The highest BCUT2D eigenvalue weighted by Gasteiger charge is 2.27. The molecule has 0 spiro atoms. The monoisotopic (exact) mass is 420 g/mol. The van der Waals surface area contributed by atoms with E-state index in [1.165, 1.54) is 29.3 Å². The second kappa shape index (κ2) is 9.33. The van der Waals surface area contributed by atoms with E-state index in [4.69, 9.17) is 25.8 Å². The molecule has 2 aromatic rings. The van der Waals surface area contributed by atoms with Crippen LogP contribution in [0.15, 0.2) is 30.3 Å². The number of hydrogen-bond donors (Lipinski definition) is 0. The van der Waals surface area contributed by atoms with Crippen LogP contribution in [0.1, 0.15) is 30.5 Å². The van der Waals surface area contributed by atoms with Crippen molar-refractivity contribution >= 4 is 17.3 Å². The lowest BCUT2D eigenvalue weighted by Crippen LogP contribution is -2.38. The maximum absolute atomic E-state index is 11.0. The van der Waals surface area contributed by atoms with Crippen molar-refractivity contribution in [3.05, 3.63) is 56.6 Å². The van der Waals surface area contributed by atoms with Gasteiger partial charge in [-0.25, -0.2) is 0 Å². The summed E-state index contributed by atoms with van der Waals surface area (Å²) in [7, 11) is 3.29. The Balaban J connectivity index is 1.71. The van der Waals surface area contributed by atoms with Gasteiger partial charge in [-0.1, -0.05) is 18.5 Å². The van der Waals surface area contributed by atoms with Crippen molar-refractivity contribution in [1.29, 1.82) is 0 Å². The summed E-state index contributed by atoms with van der Waals surface area (Å²) in [6.45, 7) is 4.13. The second-order valence-electron chi connectivity index (χ2n) is 6.84. The minimum Gasteiger partial charge on any atom is -0.493 e. The Labute approximate surface area is 175 Å². The van der Waals surface area contributed by atoms with Gasteiger partial charge in [0, 0.05) is 25.2 Å². The van der Waals surface area contributed by atoms with E-state index in [1.54, 1.807) is 14.2 Å². The molecule has 1 heterocycles. The molecule has 8 heteroatoms. The van der Waals surface area contributed by atoms with Gasteiger partial charge in [0.05, 0.1) is 30.2 Å². The van der Waals surface area contributed by atoms with E-state index in [-0.39, 0.29) is 11.7 Å². The molecule has 7 nitrogen and oxygen atoms in total. The smallest absolute Gasteiger partial charge is 0.273 e. The van der Waals surface area contributed by atoms with Crippen LogP contribution in [0, 0.1) is 10.1 Å². The summed E-state index contributed by atoms with van der Waals surface area (Å²) in [5.41, 5.74) is 2.47. The molecule has 0 saturated carbocycles. The molecule has 0 aliphatic carbocycles. The minimum absolute atomic E-state index is 0.0382. The molecule has 1 aliphatic heterocycles. The number of hydrogen-bond acceptors (Lipinski definition) is 6. The van der Waals surface area contributed by atoms with Crippen LogP contribution in [0.2, 0.25) is 5.02 Å². The van der Waals surface area contributed by atoms with Crippen molar-refractivity contribution < 1.29 is 19.1 Å². The van der Waals surface area contributed by atoms with Gasteiger partial charge in [0.15, 0.2) is 11.5 Å². The third-order valence-corrected chi connectivity index (χ3v) is 5.57. The van der Waals surface area contributed by atoms with Crippen molar-refractivity contribution in [1.82, 2.24) is 4.90 Å². The van der Waals surface area contributed by atoms with Crippen LogP contribution in [-0.2, 0) is 6.42 Å². The Bertz CT molecular complexity index is 890. The second-order valence-corrected chi connectivity index (χ2v) is 7.24. The quantitative estimate of drug-likeness (QED) is 0.457. The van der Waals surface area contributed by atoms with E-state index in [2.05, 4.69) is 24.0 Å². The van der Waals surface area contributed by atoms with Gasteiger partial charge in [-0.05, 0) is 42.2 Å². The minimum atomic E-state index is -0.459. The van der Waals surface area contributed by atoms with Gasteiger partial charge in [-0.3, -0.25) is 15.0 Å². The number of halogens is 1. The summed E-state index contributed by atoms with van der Waals surface area (Å²) in [5.74, 6) is 1.81. The predicted molar refractivity (Wildman–Crippen MR) is 111 cm³/mol. The first kappa shape index (κ1) is 21.2. The zero-order chi connectivity index (χ0) is 21.0. The van der Waals surface area contributed by atoms with Gasteiger partial charge in [-0.15, -0.1) is 0 Å². The maximum atomic E-state index is 11.0. The normalized spacial score (nSPS) is 16.2. The van der Waals surface area contributed by atoms with E-state index in [0.717, 1.165) is 30.9 Å². The van der Waals surface area contributed by atoms with E-state index in [9.17, 15) is 10.1 Å². The Morgan fingerprint density at radius 3 is 2.55 bits per heavy atom. The Morgan fingerprint density at radius 1 is 1.17 bits per heavy atom. The summed E-state index contributed by atoms with van der Waals surface area (Å²) in [6.07, 6.45) is 1.85. The highest BCUT2D eigenvalue weighted by molar-refractivity contribution is 6.32. The number of methoxy groups -OCH3 is 2. The molecule has 0 saturated heterocycles. The first-order chi connectivity index (χ1) is 14.0. The van der Waals surface area contributed by atoms with Crippen LogP contribution in [0.25, 0.3) is 0 Å². The lowest BCUT2D eigenvalue weighted by atomic mass is 9.90. The first-order valence-corrected chi connectivity index (χ1v) is 9.91. The van der Waals surface area contributed by atoms with Gasteiger partial charge in [0.1, 0.15) is 12.4 Å². The molecule has 0 aromatic heterocycles. The third kappa shape index (κ3) is 4.57. The lowest BCUT2D eigenvalue weighted by molar-refractivity contribution is -0.384. The number of nitro groups is 1. The number of nitro benzene ring substituents is 1. The zero-order valence-corrected chi connectivity index (χ0v) is 17.6. The Kier molecular flexibility index (Phi) is 6.82. The van der Waals surface area contributed by atoms with E-state index in [0.29, 0.717) is 23.9 Å². The fraction of sp³-hybridized carbons (Fsp3) is 0.429. The van der Waals surface area contributed by atoms with Gasteiger partial charge in [0.2, 0.25) is 0 Å². The molecule has 0 amide bonds. The number of fused-ring (bicyclic) bond motifs is 1. The lowest BCUT2D eigenvalue weighted by Gasteiger charge is -2.37. The molecule has 3 rings (SSSR count). The van der Waals surface area contributed by atoms with Crippen LogP contribution in [0.5, 0.6) is 17.2 Å². The first-order valence-electron chi connectivity index (χ1n) is 9.54. The fourth-order valence-electron chi connectivity index (χ4n) is 3.81. The Morgan fingerprint density at radius 2 is 1.90 bits per heavy atom. The molecule has 1 atom stereocenters. The maximum Gasteiger partial charge on any atom is 0.273 e. The molecule has 0 fully saturated rings. The molecule has 29 heavy (non-hydrogen) atoms. The highest BCUT2D eigenvalue weighted by Crippen LogP contribution is 2.39. The van der Waals surface area contributed by atoms with E-state index in [1.807, 2.05) is 0 Å². The topological polar surface area (TPSA) is 74.1 Å². The third-order valence-electron chi connectivity index (χ3n) is 5.26. The van der Waals surface area contributed by atoms with Gasteiger partial charge in [0.25, 0.3) is 5.69 Å². The molecular formula is C21H25ClN2O5. The van der Waals surface area contributed by atoms with Crippen LogP contribution >= 0.6 is 11.6 Å². The molecule has 2 aromatic carbocycles. The highest BCUT2D eigenvalue weighted by atomic mass is 35.5. The number of nitrogens with zero attached hydrogens (tertiary/aromatic N) is 2. The van der Waals surface area contributed by atoms with Crippen molar-refractivity contribution in [2.75, 3.05) is 33.9 Å². The standard InChI is InChI=1S/C21H25ClN2O5/c1-4-18-16-13-21(28-3)20(27-2)11-14(16)7-8-23(18)9-10-29-19-12-15(24(25)26)5-6-17(19)22/h5-6,11-13,18H,4,7-10H2,1-3H3. The van der Waals surface area contributed by atoms with Crippen LogP contribution < -0.4 is 14.2 Å². The Hall–Kier alpha value is -2.51. The summed E-state index contributed by atoms with van der Waals surface area (Å²) < 4.78 is 16.7. The number of non-ortho nitro benzene ring substituents is 1. The van der Waals surface area contributed by atoms with Crippen LogP contribution in [0.4, 0.5) is 5.69 Å². The average molecular weight is 421 g/mol. The zero-order valence-electron chi connectivity index (χ0n) is 16.8.